The topological polar surface area (TPSA) is 53.9 Å². The van der Waals surface area contributed by atoms with Gasteiger partial charge < -0.3 is 10.2 Å². The normalized spacial score (nSPS) is 10.3. The van der Waals surface area contributed by atoms with E-state index in [0.29, 0.717) is 5.95 Å². The molecule has 0 aliphatic heterocycles. The van der Waals surface area contributed by atoms with E-state index in [9.17, 15) is 0 Å². The number of nitrogens with one attached hydrogen (secondary N) is 1. The van der Waals surface area contributed by atoms with Gasteiger partial charge in [-0.3, -0.25) is 4.98 Å². The van der Waals surface area contributed by atoms with Gasteiger partial charge in [-0.05, 0) is 36.4 Å². The van der Waals surface area contributed by atoms with Crippen LogP contribution in [-0.2, 0) is 0 Å². The van der Waals surface area contributed by atoms with E-state index in [1.54, 1.807) is 18.6 Å². The van der Waals surface area contributed by atoms with Gasteiger partial charge in [-0.25, -0.2) is 9.97 Å². The van der Waals surface area contributed by atoms with E-state index in [0.717, 1.165) is 22.6 Å². The first-order valence-corrected chi connectivity index (χ1v) is 7.00. The van der Waals surface area contributed by atoms with E-state index >= 15 is 0 Å². The fourth-order valence-corrected chi connectivity index (χ4v) is 2.09. The lowest BCUT2D eigenvalue weighted by Crippen LogP contribution is -2.08. The molecule has 3 aromatic rings. The molecule has 1 N–H and O–H groups in total. The number of nitrogens with zero attached hydrogens (tertiary/aromatic N) is 4. The van der Waals surface area contributed by atoms with E-state index in [2.05, 4.69) is 37.3 Å². The van der Waals surface area contributed by atoms with Gasteiger partial charge >= 0.3 is 0 Å². The quantitative estimate of drug-likeness (QED) is 0.799. The highest BCUT2D eigenvalue weighted by Gasteiger charge is 2.03. The third-order valence-electron chi connectivity index (χ3n) is 3.25. The Labute approximate surface area is 129 Å². The molecule has 0 bridgehead atoms. The van der Waals surface area contributed by atoms with Crippen molar-refractivity contribution in [3.8, 4) is 11.3 Å². The summed E-state index contributed by atoms with van der Waals surface area (Å²) in [6.07, 6.45) is 5.26. The largest absolute Gasteiger partial charge is 0.378 e. The van der Waals surface area contributed by atoms with Crippen LogP contribution in [-0.4, -0.2) is 29.0 Å². The zero-order valence-electron chi connectivity index (χ0n) is 12.6. The molecule has 0 amide bonds. The molecule has 0 saturated carbocycles. The Kier molecular flexibility index (Phi) is 3.96. The number of rotatable bonds is 4. The average Bonchev–Trinajstić information content (AvgIpc) is 2.56. The first-order chi connectivity index (χ1) is 10.7. The van der Waals surface area contributed by atoms with Crippen LogP contribution in [0.25, 0.3) is 11.3 Å². The van der Waals surface area contributed by atoms with Gasteiger partial charge in [-0.2, -0.15) is 0 Å². The smallest absolute Gasteiger partial charge is 0.227 e. The summed E-state index contributed by atoms with van der Waals surface area (Å²) in [6.45, 7) is 0. The molecule has 110 valence electrons. The molecular formula is C17H17N5. The van der Waals surface area contributed by atoms with Crippen LogP contribution in [0.1, 0.15) is 0 Å². The van der Waals surface area contributed by atoms with Crippen molar-refractivity contribution >= 4 is 17.3 Å². The van der Waals surface area contributed by atoms with Gasteiger partial charge in [0.1, 0.15) is 0 Å². The van der Waals surface area contributed by atoms with Gasteiger partial charge in [0.05, 0.1) is 5.69 Å². The molecule has 5 heteroatoms. The summed E-state index contributed by atoms with van der Waals surface area (Å²) in [5.41, 5.74) is 3.96. The van der Waals surface area contributed by atoms with E-state index in [1.807, 2.05) is 44.4 Å². The molecule has 22 heavy (non-hydrogen) atoms. The molecule has 1 aromatic carbocycles. The number of aromatic nitrogens is 3. The maximum Gasteiger partial charge on any atom is 0.227 e. The first kappa shape index (κ1) is 14.0. The van der Waals surface area contributed by atoms with Gasteiger partial charge in [0, 0.05) is 49.6 Å². The van der Waals surface area contributed by atoms with Crippen LogP contribution in [0.5, 0.6) is 0 Å². The Hall–Kier alpha value is -2.95. The van der Waals surface area contributed by atoms with Crippen LogP contribution in [0.2, 0.25) is 0 Å². The molecule has 2 aromatic heterocycles. The molecular weight excluding hydrogens is 274 g/mol. The number of hydrogen-bond acceptors (Lipinski definition) is 5. The highest BCUT2D eigenvalue weighted by atomic mass is 15.1. The highest BCUT2D eigenvalue weighted by Crippen LogP contribution is 2.21. The molecule has 0 atom stereocenters. The molecule has 3 rings (SSSR count). The Morgan fingerprint density at radius 3 is 2.55 bits per heavy atom. The molecule has 5 nitrogen and oxygen atoms in total. The molecule has 0 unspecified atom stereocenters. The Balaban J connectivity index is 1.86. The van der Waals surface area contributed by atoms with Crippen molar-refractivity contribution in [2.45, 2.75) is 0 Å². The minimum absolute atomic E-state index is 0.574. The second-order valence-electron chi connectivity index (χ2n) is 5.07. The minimum atomic E-state index is 0.574. The summed E-state index contributed by atoms with van der Waals surface area (Å²) >= 11 is 0. The maximum absolute atomic E-state index is 4.55. The van der Waals surface area contributed by atoms with E-state index in [-0.39, 0.29) is 0 Å². The number of benzene rings is 1. The molecule has 2 heterocycles. The maximum atomic E-state index is 4.55. The van der Waals surface area contributed by atoms with Crippen LogP contribution in [0.15, 0.2) is 61.1 Å². The van der Waals surface area contributed by atoms with Crippen LogP contribution in [0.4, 0.5) is 17.3 Å². The summed E-state index contributed by atoms with van der Waals surface area (Å²) in [5.74, 6) is 0.574. The molecule has 0 aliphatic rings. The summed E-state index contributed by atoms with van der Waals surface area (Å²) in [6, 6.07) is 13.9. The molecule has 0 aliphatic carbocycles. The summed E-state index contributed by atoms with van der Waals surface area (Å²) < 4.78 is 0. The summed E-state index contributed by atoms with van der Waals surface area (Å²) in [4.78, 5) is 14.9. The molecule has 0 spiro atoms. The van der Waals surface area contributed by atoms with Crippen LogP contribution >= 0.6 is 0 Å². The number of anilines is 3. The van der Waals surface area contributed by atoms with E-state index in [4.69, 9.17) is 0 Å². The first-order valence-electron chi connectivity index (χ1n) is 7.00. The Morgan fingerprint density at radius 1 is 0.955 bits per heavy atom. The van der Waals surface area contributed by atoms with Crippen molar-refractivity contribution < 1.29 is 0 Å². The van der Waals surface area contributed by atoms with E-state index < -0.39 is 0 Å². The van der Waals surface area contributed by atoms with Gasteiger partial charge in [0.15, 0.2) is 0 Å². The SMILES string of the molecule is CN(C)c1cccc(Nc2nccc(-c3ccncc3)n2)c1. The van der Waals surface area contributed by atoms with Crippen molar-refractivity contribution in [1.29, 1.82) is 0 Å². The Bertz CT molecular complexity index is 756. The van der Waals surface area contributed by atoms with Gasteiger partial charge in [-0.15, -0.1) is 0 Å². The standard InChI is InChI=1S/C17H17N5/c1-22(2)15-5-3-4-14(12-15)20-17-19-11-8-16(21-17)13-6-9-18-10-7-13/h3-12H,1-2H3,(H,19,20,21). The van der Waals surface area contributed by atoms with Crippen molar-refractivity contribution in [3.63, 3.8) is 0 Å². The highest BCUT2D eigenvalue weighted by molar-refractivity contribution is 5.64. The third-order valence-corrected chi connectivity index (χ3v) is 3.25. The number of hydrogen-bond donors (Lipinski definition) is 1. The summed E-state index contributed by atoms with van der Waals surface area (Å²) in [7, 11) is 4.03. The minimum Gasteiger partial charge on any atom is -0.378 e. The van der Waals surface area contributed by atoms with Gasteiger partial charge in [-0.1, -0.05) is 6.07 Å². The predicted molar refractivity (Wildman–Crippen MR) is 89.3 cm³/mol. The average molecular weight is 291 g/mol. The van der Waals surface area contributed by atoms with Crippen LogP contribution in [0.3, 0.4) is 0 Å². The van der Waals surface area contributed by atoms with Crippen LogP contribution < -0.4 is 10.2 Å². The lowest BCUT2D eigenvalue weighted by atomic mass is 10.2. The Morgan fingerprint density at radius 2 is 1.77 bits per heavy atom. The van der Waals surface area contributed by atoms with Crippen molar-refractivity contribution in [2.24, 2.45) is 0 Å². The number of pyridine rings is 1. The van der Waals surface area contributed by atoms with Gasteiger partial charge in [0.2, 0.25) is 5.95 Å². The van der Waals surface area contributed by atoms with Crippen molar-refractivity contribution in [2.75, 3.05) is 24.3 Å². The monoisotopic (exact) mass is 291 g/mol. The fourth-order valence-electron chi connectivity index (χ4n) is 2.09. The summed E-state index contributed by atoms with van der Waals surface area (Å²) in [5, 5.41) is 3.24. The zero-order valence-corrected chi connectivity index (χ0v) is 12.6. The zero-order chi connectivity index (χ0) is 15.4. The molecule has 0 fully saturated rings. The van der Waals surface area contributed by atoms with Crippen molar-refractivity contribution in [3.05, 3.63) is 61.1 Å². The van der Waals surface area contributed by atoms with E-state index in [1.165, 1.54) is 0 Å². The van der Waals surface area contributed by atoms with Crippen LogP contribution in [0, 0.1) is 0 Å². The predicted octanol–water partition coefficient (Wildman–Crippen LogP) is 3.35. The third kappa shape index (κ3) is 3.20. The fraction of sp³-hybridized carbons (Fsp3) is 0.118. The second-order valence-corrected chi connectivity index (χ2v) is 5.07. The lowest BCUT2D eigenvalue weighted by molar-refractivity contribution is 1.13. The molecule has 0 saturated heterocycles. The second kappa shape index (κ2) is 6.22. The van der Waals surface area contributed by atoms with Crippen molar-refractivity contribution in [1.82, 2.24) is 15.0 Å². The lowest BCUT2D eigenvalue weighted by Gasteiger charge is -2.14. The van der Waals surface area contributed by atoms with Gasteiger partial charge in [0.25, 0.3) is 0 Å². The molecule has 0 radical (unpaired) electrons.